The zero-order valence-electron chi connectivity index (χ0n) is 12.2. The van der Waals surface area contributed by atoms with Crippen LogP contribution in [0.2, 0.25) is 0 Å². The van der Waals surface area contributed by atoms with Crippen LogP contribution in [0, 0.1) is 0 Å². The average molecular weight is 282 g/mol. The second kappa shape index (κ2) is 4.65. The first kappa shape index (κ1) is 12.5. The molecule has 6 nitrogen and oxygen atoms in total. The van der Waals surface area contributed by atoms with E-state index in [-0.39, 0.29) is 0 Å². The summed E-state index contributed by atoms with van der Waals surface area (Å²) in [5.74, 6) is 2.33. The topological polar surface area (TPSA) is 72.3 Å². The number of nitrogens with one attached hydrogen (secondary N) is 1. The summed E-state index contributed by atoms with van der Waals surface area (Å²) in [4.78, 5) is 4.63. The predicted octanol–water partition coefficient (Wildman–Crippen LogP) is 3.06. The Morgan fingerprint density at radius 2 is 2.14 bits per heavy atom. The summed E-state index contributed by atoms with van der Waals surface area (Å²) >= 11 is 0. The third-order valence-corrected chi connectivity index (χ3v) is 4.21. The van der Waals surface area contributed by atoms with Gasteiger partial charge in [0.2, 0.25) is 0 Å². The van der Waals surface area contributed by atoms with Crippen LogP contribution in [0.1, 0.15) is 50.9 Å². The van der Waals surface area contributed by atoms with E-state index in [1.165, 1.54) is 19.3 Å². The van der Waals surface area contributed by atoms with Crippen molar-refractivity contribution in [3.05, 3.63) is 24.0 Å². The average Bonchev–Trinajstić information content (AvgIpc) is 3.02. The Labute approximate surface area is 122 Å². The third kappa shape index (κ3) is 2.02. The van der Waals surface area contributed by atoms with E-state index in [4.69, 9.17) is 0 Å². The Morgan fingerprint density at radius 1 is 1.29 bits per heavy atom. The molecule has 4 rings (SSSR count). The van der Waals surface area contributed by atoms with Crippen LogP contribution < -0.4 is 0 Å². The highest BCUT2D eigenvalue weighted by Crippen LogP contribution is 2.35. The molecule has 0 bridgehead atoms. The second-order valence-corrected chi connectivity index (χ2v) is 6.00. The van der Waals surface area contributed by atoms with E-state index in [0.717, 1.165) is 28.2 Å². The van der Waals surface area contributed by atoms with Gasteiger partial charge in [-0.1, -0.05) is 11.6 Å². The van der Waals surface area contributed by atoms with Crippen molar-refractivity contribution in [2.24, 2.45) is 0 Å². The number of aromatic amines is 1. The Bertz CT molecular complexity index is 780. The van der Waals surface area contributed by atoms with Gasteiger partial charge in [0.1, 0.15) is 11.3 Å². The van der Waals surface area contributed by atoms with Gasteiger partial charge in [0, 0.05) is 17.5 Å². The molecule has 6 heteroatoms. The van der Waals surface area contributed by atoms with Crippen molar-refractivity contribution >= 4 is 11.0 Å². The zero-order chi connectivity index (χ0) is 14.4. The Morgan fingerprint density at radius 3 is 2.86 bits per heavy atom. The number of benzene rings is 1. The maximum absolute atomic E-state index is 4.63. The molecule has 0 spiro atoms. The monoisotopic (exact) mass is 282 g/mol. The van der Waals surface area contributed by atoms with Gasteiger partial charge in [-0.2, -0.15) is 5.10 Å². The molecule has 0 unspecified atom stereocenters. The molecule has 1 N–H and O–H groups in total. The summed E-state index contributed by atoms with van der Waals surface area (Å²) in [6.45, 7) is 4.20. The summed E-state index contributed by atoms with van der Waals surface area (Å²) in [5.41, 5.74) is 2.92. The van der Waals surface area contributed by atoms with Crippen molar-refractivity contribution in [2.75, 3.05) is 0 Å². The standard InChI is InChI=1S/C15H18N6/c1-9(2)21-13-7-6-11(8-12(13)17-20-21)15-16-14(18-19-15)10-4-3-5-10/h6-10H,3-5H2,1-2H3,(H,16,18,19). The van der Waals surface area contributed by atoms with E-state index in [9.17, 15) is 0 Å². The number of fused-ring (bicyclic) bond motifs is 1. The van der Waals surface area contributed by atoms with E-state index in [0.29, 0.717) is 12.0 Å². The maximum Gasteiger partial charge on any atom is 0.181 e. The summed E-state index contributed by atoms with van der Waals surface area (Å²) in [6.07, 6.45) is 3.73. The lowest BCUT2D eigenvalue weighted by Crippen LogP contribution is -2.10. The molecule has 21 heavy (non-hydrogen) atoms. The number of aromatic nitrogens is 6. The van der Waals surface area contributed by atoms with Crippen LogP contribution in [0.4, 0.5) is 0 Å². The second-order valence-electron chi connectivity index (χ2n) is 6.00. The highest BCUT2D eigenvalue weighted by molar-refractivity contribution is 5.79. The molecule has 1 fully saturated rings. The fourth-order valence-electron chi connectivity index (χ4n) is 2.73. The van der Waals surface area contributed by atoms with Gasteiger partial charge in [-0.05, 0) is 44.9 Å². The molecule has 2 heterocycles. The van der Waals surface area contributed by atoms with E-state index < -0.39 is 0 Å². The predicted molar refractivity (Wildman–Crippen MR) is 79.9 cm³/mol. The van der Waals surface area contributed by atoms with E-state index in [1.807, 2.05) is 22.9 Å². The molecule has 2 aromatic heterocycles. The third-order valence-electron chi connectivity index (χ3n) is 4.21. The normalized spacial score (nSPS) is 15.8. The first-order valence-electron chi connectivity index (χ1n) is 7.50. The number of nitrogens with zero attached hydrogens (tertiary/aromatic N) is 5. The molecule has 0 radical (unpaired) electrons. The van der Waals surface area contributed by atoms with Gasteiger partial charge >= 0.3 is 0 Å². The first-order chi connectivity index (χ1) is 10.2. The van der Waals surface area contributed by atoms with Gasteiger partial charge < -0.3 is 0 Å². The lowest BCUT2D eigenvalue weighted by atomic mass is 9.85. The lowest BCUT2D eigenvalue weighted by molar-refractivity contribution is 0.402. The molecule has 0 aliphatic heterocycles. The number of rotatable bonds is 3. The zero-order valence-corrected chi connectivity index (χ0v) is 12.2. The molecule has 0 amide bonds. The number of H-pyrrole nitrogens is 1. The van der Waals surface area contributed by atoms with Crippen molar-refractivity contribution in [3.8, 4) is 11.4 Å². The van der Waals surface area contributed by atoms with Crippen molar-refractivity contribution in [2.45, 2.75) is 45.1 Å². The highest BCUT2D eigenvalue weighted by Gasteiger charge is 2.23. The van der Waals surface area contributed by atoms with Gasteiger partial charge in [0.25, 0.3) is 0 Å². The molecule has 1 saturated carbocycles. The van der Waals surface area contributed by atoms with E-state index >= 15 is 0 Å². The molecule has 108 valence electrons. The number of hydrogen-bond acceptors (Lipinski definition) is 4. The molecule has 1 aliphatic rings. The van der Waals surface area contributed by atoms with Crippen LogP contribution in [0.5, 0.6) is 0 Å². The Kier molecular flexibility index (Phi) is 2.77. The minimum Gasteiger partial charge on any atom is -0.262 e. The molecule has 0 saturated heterocycles. The van der Waals surface area contributed by atoms with Crippen molar-refractivity contribution in [1.29, 1.82) is 0 Å². The van der Waals surface area contributed by atoms with E-state index in [1.54, 1.807) is 0 Å². The van der Waals surface area contributed by atoms with Crippen LogP contribution in [0.3, 0.4) is 0 Å². The van der Waals surface area contributed by atoms with E-state index in [2.05, 4.69) is 39.3 Å². The van der Waals surface area contributed by atoms with Gasteiger partial charge in [-0.25, -0.2) is 9.67 Å². The van der Waals surface area contributed by atoms with Crippen LogP contribution in [-0.4, -0.2) is 30.2 Å². The van der Waals surface area contributed by atoms with Gasteiger partial charge in [-0.3, -0.25) is 5.10 Å². The largest absolute Gasteiger partial charge is 0.262 e. The summed E-state index contributed by atoms with van der Waals surface area (Å²) in [7, 11) is 0. The fraction of sp³-hybridized carbons (Fsp3) is 0.467. The van der Waals surface area contributed by atoms with Crippen molar-refractivity contribution < 1.29 is 0 Å². The number of hydrogen-bond donors (Lipinski definition) is 1. The van der Waals surface area contributed by atoms with Crippen LogP contribution >= 0.6 is 0 Å². The van der Waals surface area contributed by atoms with Crippen LogP contribution in [0.15, 0.2) is 18.2 Å². The van der Waals surface area contributed by atoms with Gasteiger partial charge in [0.15, 0.2) is 5.82 Å². The van der Waals surface area contributed by atoms with Crippen LogP contribution in [-0.2, 0) is 0 Å². The van der Waals surface area contributed by atoms with Crippen molar-refractivity contribution in [3.63, 3.8) is 0 Å². The summed E-state index contributed by atoms with van der Waals surface area (Å²) in [5, 5.41) is 15.9. The van der Waals surface area contributed by atoms with Gasteiger partial charge in [0.05, 0.1) is 5.52 Å². The molecule has 1 aliphatic carbocycles. The molecule has 3 aromatic rings. The first-order valence-corrected chi connectivity index (χ1v) is 7.50. The minimum atomic E-state index is 0.301. The van der Waals surface area contributed by atoms with Gasteiger partial charge in [-0.15, -0.1) is 5.10 Å². The molecule has 1 aromatic carbocycles. The fourth-order valence-corrected chi connectivity index (χ4v) is 2.73. The molecular weight excluding hydrogens is 264 g/mol. The van der Waals surface area contributed by atoms with Crippen LogP contribution in [0.25, 0.3) is 22.4 Å². The SMILES string of the molecule is CC(C)n1nnc2cc(-c3n[nH]c(C4CCC4)n3)ccc21. The Hall–Kier alpha value is -2.24. The molecular formula is C15H18N6. The highest BCUT2D eigenvalue weighted by atomic mass is 15.4. The summed E-state index contributed by atoms with van der Waals surface area (Å²) < 4.78 is 1.93. The smallest absolute Gasteiger partial charge is 0.181 e. The molecule has 0 atom stereocenters. The minimum absolute atomic E-state index is 0.301. The lowest BCUT2D eigenvalue weighted by Gasteiger charge is -2.22. The van der Waals surface area contributed by atoms with Crippen molar-refractivity contribution in [1.82, 2.24) is 30.2 Å². The Balaban J connectivity index is 1.71. The maximum atomic E-state index is 4.63. The summed E-state index contributed by atoms with van der Waals surface area (Å²) in [6, 6.07) is 6.40. The quantitative estimate of drug-likeness (QED) is 0.801.